The maximum Gasteiger partial charge on any atom is 0.418 e. The summed E-state index contributed by atoms with van der Waals surface area (Å²) in [7, 11) is 0. The van der Waals surface area contributed by atoms with Crippen molar-refractivity contribution in [2.24, 2.45) is 0 Å². The number of amides is 1. The zero-order valence-corrected chi connectivity index (χ0v) is 13.6. The van der Waals surface area contributed by atoms with Crippen molar-refractivity contribution in [2.45, 2.75) is 19.5 Å². The number of fused-ring (bicyclic) bond motifs is 1. The van der Waals surface area contributed by atoms with Crippen LogP contribution in [0.4, 0.5) is 18.3 Å². The maximum atomic E-state index is 13.0. The minimum Gasteiger partial charge on any atom is -0.360 e. The molecular formula is C15H11F3N4O2S. The van der Waals surface area contributed by atoms with Crippen LogP contribution >= 0.6 is 11.3 Å². The molecule has 2 heterocycles. The van der Waals surface area contributed by atoms with Crippen molar-refractivity contribution >= 4 is 33.3 Å². The van der Waals surface area contributed by atoms with Gasteiger partial charge in [-0.25, -0.2) is 0 Å². The van der Waals surface area contributed by atoms with E-state index in [-0.39, 0.29) is 21.6 Å². The van der Waals surface area contributed by atoms with Gasteiger partial charge < -0.3 is 4.98 Å². The summed E-state index contributed by atoms with van der Waals surface area (Å²) in [6.45, 7) is 1.87. The number of hydrogen-bond donors (Lipinski definition) is 2. The van der Waals surface area contributed by atoms with Gasteiger partial charge in [0.2, 0.25) is 10.6 Å². The summed E-state index contributed by atoms with van der Waals surface area (Å²) in [4.78, 5) is 27.1. The number of halogens is 3. The van der Waals surface area contributed by atoms with Crippen LogP contribution in [0.25, 0.3) is 10.9 Å². The topological polar surface area (TPSA) is 87.7 Å². The predicted molar refractivity (Wildman–Crippen MR) is 86.8 cm³/mol. The number of rotatable bonds is 3. The Kier molecular flexibility index (Phi) is 4.29. The summed E-state index contributed by atoms with van der Waals surface area (Å²) in [5.41, 5.74) is -2.43. The second kappa shape index (κ2) is 6.28. The van der Waals surface area contributed by atoms with Crippen molar-refractivity contribution in [3.8, 4) is 0 Å². The van der Waals surface area contributed by atoms with E-state index in [1.165, 1.54) is 6.07 Å². The second-order valence-corrected chi connectivity index (χ2v) is 6.13. The summed E-state index contributed by atoms with van der Waals surface area (Å²) in [5.74, 6) is -0.764. The minimum atomic E-state index is -4.62. The van der Waals surface area contributed by atoms with Crippen LogP contribution in [0.3, 0.4) is 0 Å². The molecular weight excluding hydrogens is 357 g/mol. The summed E-state index contributed by atoms with van der Waals surface area (Å²) in [5, 5.41) is 10.7. The van der Waals surface area contributed by atoms with E-state index in [4.69, 9.17) is 0 Å². The standard InChI is InChI=1S/C15H11F3N4O2S/c1-2-10-21-22-14(25-10)20-13(24)8-6-19-11-7(12(8)23)4-3-5-9(11)15(16,17)18/h3-6H,2H2,1H3,(H,19,23)(H,20,22,24). The average Bonchev–Trinajstić information content (AvgIpc) is 3.01. The Morgan fingerprint density at radius 3 is 2.72 bits per heavy atom. The number of aromatic amines is 1. The smallest absolute Gasteiger partial charge is 0.360 e. The van der Waals surface area contributed by atoms with Gasteiger partial charge in [0.05, 0.1) is 11.1 Å². The highest BCUT2D eigenvalue weighted by molar-refractivity contribution is 7.15. The van der Waals surface area contributed by atoms with Crippen LogP contribution in [0.15, 0.2) is 29.2 Å². The first-order valence-electron chi connectivity index (χ1n) is 7.16. The van der Waals surface area contributed by atoms with Gasteiger partial charge in [0.25, 0.3) is 5.91 Å². The third-order valence-corrected chi connectivity index (χ3v) is 4.44. The van der Waals surface area contributed by atoms with Crippen molar-refractivity contribution in [3.63, 3.8) is 0 Å². The van der Waals surface area contributed by atoms with Gasteiger partial charge in [-0.05, 0) is 18.6 Å². The first-order valence-corrected chi connectivity index (χ1v) is 7.98. The zero-order valence-electron chi connectivity index (χ0n) is 12.8. The summed E-state index contributed by atoms with van der Waals surface area (Å²) >= 11 is 1.16. The molecule has 3 aromatic rings. The number of benzene rings is 1. The van der Waals surface area contributed by atoms with Crippen molar-refractivity contribution in [3.05, 3.63) is 50.8 Å². The molecule has 0 aliphatic heterocycles. The Balaban J connectivity index is 2.02. The highest BCUT2D eigenvalue weighted by Gasteiger charge is 2.33. The van der Waals surface area contributed by atoms with Gasteiger partial charge >= 0.3 is 6.18 Å². The molecule has 25 heavy (non-hydrogen) atoms. The number of carbonyl (C=O) groups is 1. The van der Waals surface area contributed by atoms with Crippen LogP contribution in [-0.4, -0.2) is 21.1 Å². The van der Waals surface area contributed by atoms with Crippen LogP contribution < -0.4 is 10.7 Å². The molecule has 0 bridgehead atoms. The van der Waals surface area contributed by atoms with E-state index in [2.05, 4.69) is 20.5 Å². The van der Waals surface area contributed by atoms with Crippen molar-refractivity contribution in [1.29, 1.82) is 0 Å². The molecule has 0 saturated carbocycles. The van der Waals surface area contributed by atoms with E-state index >= 15 is 0 Å². The summed E-state index contributed by atoms with van der Waals surface area (Å²) in [6.07, 6.45) is -3.00. The lowest BCUT2D eigenvalue weighted by atomic mass is 10.1. The van der Waals surface area contributed by atoms with Gasteiger partial charge in [0, 0.05) is 11.6 Å². The first kappa shape index (κ1) is 17.1. The van der Waals surface area contributed by atoms with Gasteiger partial charge in [0.15, 0.2) is 0 Å². The monoisotopic (exact) mass is 368 g/mol. The number of para-hydroxylation sites is 1. The summed E-state index contributed by atoms with van der Waals surface area (Å²) in [6, 6.07) is 3.23. The van der Waals surface area contributed by atoms with Gasteiger partial charge in [-0.3, -0.25) is 14.9 Å². The fourth-order valence-corrected chi connectivity index (χ4v) is 2.94. The number of anilines is 1. The molecule has 0 unspecified atom stereocenters. The quantitative estimate of drug-likeness (QED) is 0.743. The van der Waals surface area contributed by atoms with E-state index in [0.29, 0.717) is 11.4 Å². The fraction of sp³-hybridized carbons (Fsp3) is 0.200. The van der Waals surface area contributed by atoms with Gasteiger partial charge in [-0.2, -0.15) is 13.2 Å². The Bertz CT molecular complexity index is 1010. The molecule has 0 aliphatic rings. The van der Waals surface area contributed by atoms with Gasteiger partial charge in [-0.15, -0.1) is 10.2 Å². The molecule has 0 atom stereocenters. The highest BCUT2D eigenvalue weighted by Crippen LogP contribution is 2.33. The number of carbonyl (C=O) groups excluding carboxylic acids is 1. The number of aryl methyl sites for hydroxylation is 1. The molecule has 0 fully saturated rings. The van der Waals surface area contributed by atoms with Gasteiger partial charge in [-0.1, -0.05) is 24.3 Å². The number of nitrogens with one attached hydrogen (secondary N) is 2. The normalized spacial score (nSPS) is 11.7. The van der Waals surface area contributed by atoms with Crippen molar-refractivity contribution in [2.75, 3.05) is 5.32 Å². The number of pyridine rings is 1. The third-order valence-electron chi connectivity index (χ3n) is 3.45. The van der Waals surface area contributed by atoms with Crippen LogP contribution in [0, 0.1) is 0 Å². The molecule has 2 aromatic heterocycles. The van der Waals surface area contributed by atoms with E-state index in [9.17, 15) is 22.8 Å². The molecule has 0 aliphatic carbocycles. The molecule has 130 valence electrons. The lowest BCUT2D eigenvalue weighted by Crippen LogP contribution is -2.22. The molecule has 10 heteroatoms. The molecule has 0 saturated heterocycles. The first-order chi connectivity index (χ1) is 11.8. The predicted octanol–water partition coefficient (Wildman–Crippen LogP) is 3.21. The van der Waals surface area contributed by atoms with Crippen LogP contribution in [-0.2, 0) is 12.6 Å². The molecule has 2 N–H and O–H groups in total. The SMILES string of the molecule is CCc1nnc(NC(=O)c2c[nH]c3c(C(F)(F)F)cccc3c2=O)s1. The average molecular weight is 368 g/mol. The molecule has 0 spiro atoms. The number of hydrogen-bond acceptors (Lipinski definition) is 5. The minimum absolute atomic E-state index is 0.213. The van der Waals surface area contributed by atoms with Crippen LogP contribution in [0.1, 0.15) is 27.9 Å². The number of aromatic nitrogens is 3. The van der Waals surface area contributed by atoms with E-state index in [1.54, 1.807) is 0 Å². The third kappa shape index (κ3) is 3.25. The van der Waals surface area contributed by atoms with Crippen LogP contribution in [0.2, 0.25) is 0 Å². The molecule has 0 radical (unpaired) electrons. The second-order valence-electron chi connectivity index (χ2n) is 5.07. The van der Waals surface area contributed by atoms with Crippen molar-refractivity contribution < 1.29 is 18.0 Å². The summed E-state index contributed by atoms with van der Waals surface area (Å²) < 4.78 is 39.1. The number of alkyl halides is 3. The number of H-pyrrole nitrogens is 1. The maximum absolute atomic E-state index is 13.0. The van der Waals surface area contributed by atoms with Crippen molar-refractivity contribution in [1.82, 2.24) is 15.2 Å². The lowest BCUT2D eigenvalue weighted by molar-refractivity contribution is -0.136. The molecule has 3 rings (SSSR count). The Morgan fingerprint density at radius 2 is 2.08 bits per heavy atom. The van der Waals surface area contributed by atoms with Gasteiger partial charge in [0.1, 0.15) is 10.6 Å². The van der Waals surface area contributed by atoms with E-state index < -0.39 is 23.1 Å². The zero-order chi connectivity index (χ0) is 18.2. The Hall–Kier alpha value is -2.75. The number of nitrogens with zero attached hydrogens (tertiary/aromatic N) is 2. The molecule has 1 aromatic carbocycles. The lowest BCUT2D eigenvalue weighted by Gasteiger charge is -2.10. The molecule has 1 amide bonds. The Labute approximate surface area is 142 Å². The fourth-order valence-electron chi connectivity index (χ4n) is 2.27. The molecule has 6 nitrogen and oxygen atoms in total. The van der Waals surface area contributed by atoms with Crippen LogP contribution in [0.5, 0.6) is 0 Å². The highest BCUT2D eigenvalue weighted by atomic mass is 32.1. The largest absolute Gasteiger partial charge is 0.418 e. The van der Waals surface area contributed by atoms with E-state index in [0.717, 1.165) is 29.7 Å². The van der Waals surface area contributed by atoms with E-state index in [1.807, 2.05) is 6.92 Å². The Morgan fingerprint density at radius 1 is 1.32 bits per heavy atom.